The second-order valence-electron chi connectivity index (χ2n) is 3.59. The highest BCUT2D eigenvalue weighted by Crippen LogP contribution is 2.23. The quantitative estimate of drug-likeness (QED) is 0.670. The highest BCUT2D eigenvalue weighted by Gasteiger charge is 2.10. The van der Waals surface area contributed by atoms with Crippen LogP contribution in [-0.2, 0) is 0 Å². The molecule has 0 aliphatic carbocycles. The third-order valence-corrected chi connectivity index (χ3v) is 2.41. The number of rotatable bonds is 4. The number of hydrogen-bond acceptors (Lipinski definition) is 1. The van der Waals surface area contributed by atoms with Crippen molar-refractivity contribution in [3.05, 3.63) is 35.1 Å². The minimum atomic E-state index is -0.212. The monoisotopic (exact) mass is 194 g/mol. The van der Waals surface area contributed by atoms with Gasteiger partial charge in [-0.15, -0.1) is 0 Å². The van der Waals surface area contributed by atoms with Gasteiger partial charge in [-0.1, -0.05) is 20.3 Å². The molecule has 0 spiro atoms. The van der Waals surface area contributed by atoms with Gasteiger partial charge in [0.1, 0.15) is 12.1 Å². The van der Waals surface area contributed by atoms with E-state index in [1.54, 1.807) is 6.07 Å². The van der Waals surface area contributed by atoms with Gasteiger partial charge in [-0.2, -0.15) is 0 Å². The summed E-state index contributed by atoms with van der Waals surface area (Å²) in [4.78, 5) is 10.5. The molecule has 1 unspecified atom stereocenters. The summed E-state index contributed by atoms with van der Waals surface area (Å²) >= 11 is 0. The van der Waals surface area contributed by atoms with Crippen LogP contribution >= 0.6 is 0 Å². The van der Waals surface area contributed by atoms with Gasteiger partial charge in [0.2, 0.25) is 0 Å². The summed E-state index contributed by atoms with van der Waals surface area (Å²) in [6.07, 6.45) is 2.72. The molecule has 0 saturated heterocycles. The van der Waals surface area contributed by atoms with Gasteiger partial charge < -0.3 is 0 Å². The summed E-state index contributed by atoms with van der Waals surface area (Å²) < 4.78 is 13.4. The summed E-state index contributed by atoms with van der Waals surface area (Å²) in [5.41, 5.74) is 1.20. The Morgan fingerprint density at radius 1 is 1.50 bits per heavy atom. The van der Waals surface area contributed by atoms with Crippen molar-refractivity contribution in [1.29, 1.82) is 0 Å². The Kier molecular flexibility index (Phi) is 3.81. The second-order valence-corrected chi connectivity index (χ2v) is 3.59. The summed E-state index contributed by atoms with van der Waals surface area (Å²) in [6.45, 7) is 4.05. The average Bonchev–Trinajstić information content (AvgIpc) is 2.19. The molecule has 1 atom stereocenters. The van der Waals surface area contributed by atoms with Crippen LogP contribution in [0.2, 0.25) is 0 Å². The van der Waals surface area contributed by atoms with Crippen LogP contribution in [0.3, 0.4) is 0 Å². The largest absolute Gasteiger partial charge is 0.298 e. The average molecular weight is 194 g/mol. The molecule has 0 saturated carbocycles. The van der Waals surface area contributed by atoms with Crippen LogP contribution in [0, 0.1) is 5.82 Å². The number of aldehydes is 1. The van der Waals surface area contributed by atoms with Crippen LogP contribution < -0.4 is 0 Å². The van der Waals surface area contributed by atoms with E-state index in [0.717, 1.165) is 19.1 Å². The summed E-state index contributed by atoms with van der Waals surface area (Å²) in [6, 6.07) is 4.51. The Hall–Kier alpha value is -1.18. The molecule has 0 amide bonds. The van der Waals surface area contributed by atoms with Crippen LogP contribution in [0.15, 0.2) is 18.2 Å². The Bertz CT molecular complexity index is 320. The molecular weight excluding hydrogens is 179 g/mol. The van der Waals surface area contributed by atoms with E-state index in [9.17, 15) is 9.18 Å². The summed E-state index contributed by atoms with van der Waals surface area (Å²) in [5.74, 6) is -0.0311. The van der Waals surface area contributed by atoms with Crippen molar-refractivity contribution in [2.24, 2.45) is 0 Å². The molecule has 1 aromatic rings. The first-order valence-electron chi connectivity index (χ1n) is 4.93. The Labute approximate surface area is 83.9 Å². The normalized spacial score (nSPS) is 12.5. The molecule has 0 radical (unpaired) electrons. The maximum atomic E-state index is 13.4. The highest BCUT2D eigenvalue weighted by atomic mass is 19.1. The Morgan fingerprint density at radius 3 is 2.79 bits per heavy atom. The molecule has 76 valence electrons. The van der Waals surface area contributed by atoms with Crippen LogP contribution in [0.4, 0.5) is 4.39 Å². The number of hydrogen-bond donors (Lipinski definition) is 0. The van der Waals surface area contributed by atoms with Crippen molar-refractivity contribution in [3.8, 4) is 0 Å². The topological polar surface area (TPSA) is 17.1 Å². The van der Waals surface area contributed by atoms with E-state index in [1.807, 2.05) is 6.92 Å². The molecule has 0 heterocycles. The fourth-order valence-corrected chi connectivity index (χ4v) is 1.60. The zero-order valence-electron chi connectivity index (χ0n) is 8.59. The first-order valence-corrected chi connectivity index (χ1v) is 4.93. The van der Waals surface area contributed by atoms with Gasteiger partial charge in [0.05, 0.1) is 0 Å². The van der Waals surface area contributed by atoms with Gasteiger partial charge in [-0.25, -0.2) is 4.39 Å². The minimum Gasteiger partial charge on any atom is -0.298 e. The van der Waals surface area contributed by atoms with Crippen LogP contribution in [0.5, 0.6) is 0 Å². The molecule has 14 heavy (non-hydrogen) atoms. The first kappa shape index (κ1) is 10.9. The SMILES string of the molecule is CCCC(C)c1cc(C=O)ccc1F. The van der Waals surface area contributed by atoms with E-state index in [4.69, 9.17) is 0 Å². The van der Waals surface area contributed by atoms with Crippen molar-refractivity contribution in [2.45, 2.75) is 32.6 Å². The van der Waals surface area contributed by atoms with E-state index < -0.39 is 0 Å². The second kappa shape index (κ2) is 4.89. The predicted octanol–water partition coefficient (Wildman–Crippen LogP) is 3.54. The number of benzene rings is 1. The highest BCUT2D eigenvalue weighted by molar-refractivity contribution is 5.75. The van der Waals surface area contributed by atoms with Crippen LogP contribution in [0.1, 0.15) is 48.5 Å². The van der Waals surface area contributed by atoms with Crippen LogP contribution in [-0.4, -0.2) is 6.29 Å². The van der Waals surface area contributed by atoms with E-state index in [-0.39, 0.29) is 11.7 Å². The van der Waals surface area contributed by atoms with Crippen molar-refractivity contribution >= 4 is 6.29 Å². The third kappa shape index (κ3) is 2.41. The lowest BCUT2D eigenvalue weighted by atomic mass is 9.95. The molecule has 1 nitrogen and oxygen atoms in total. The number of carbonyl (C=O) groups excluding carboxylic acids is 1. The van der Waals surface area contributed by atoms with Gasteiger partial charge in [0.25, 0.3) is 0 Å². The molecule has 0 bridgehead atoms. The zero-order valence-corrected chi connectivity index (χ0v) is 8.59. The van der Waals surface area contributed by atoms with E-state index in [0.29, 0.717) is 11.1 Å². The van der Waals surface area contributed by atoms with Crippen LogP contribution in [0.25, 0.3) is 0 Å². The molecule has 0 aliphatic rings. The van der Waals surface area contributed by atoms with Crippen molar-refractivity contribution in [2.75, 3.05) is 0 Å². The van der Waals surface area contributed by atoms with E-state index in [1.165, 1.54) is 12.1 Å². The van der Waals surface area contributed by atoms with E-state index in [2.05, 4.69) is 6.92 Å². The van der Waals surface area contributed by atoms with Crippen molar-refractivity contribution in [3.63, 3.8) is 0 Å². The Morgan fingerprint density at radius 2 is 2.21 bits per heavy atom. The van der Waals surface area contributed by atoms with Gasteiger partial charge in [-0.05, 0) is 36.1 Å². The van der Waals surface area contributed by atoms with Crippen molar-refractivity contribution < 1.29 is 9.18 Å². The summed E-state index contributed by atoms with van der Waals surface area (Å²) in [5, 5.41) is 0. The minimum absolute atomic E-state index is 0.180. The molecule has 0 N–H and O–H groups in total. The zero-order chi connectivity index (χ0) is 10.6. The first-order chi connectivity index (χ1) is 6.69. The molecule has 1 aromatic carbocycles. The molecular formula is C12H15FO. The summed E-state index contributed by atoms with van der Waals surface area (Å²) in [7, 11) is 0. The van der Waals surface area contributed by atoms with Gasteiger partial charge in [0, 0.05) is 5.56 Å². The maximum absolute atomic E-state index is 13.4. The standard InChI is InChI=1S/C12H15FO/c1-3-4-9(2)11-7-10(8-14)5-6-12(11)13/h5-9H,3-4H2,1-2H3. The number of halogens is 1. The fraction of sp³-hybridized carbons (Fsp3) is 0.417. The lowest BCUT2D eigenvalue weighted by Gasteiger charge is -2.11. The van der Waals surface area contributed by atoms with Gasteiger partial charge in [-0.3, -0.25) is 4.79 Å². The third-order valence-electron chi connectivity index (χ3n) is 2.41. The molecule has 1 rings (SSSR count). The Balaban J connectivity index is 2.99. The maximum Gasteiger partial charge on any atom is 0.150 e. The number of carbonyl (C=O) groups is 1. The molecule has 0 fully saturated rings. The van der Waals surface area contributed by atoms with Crippen molar-refractivity contribution in [1.82, 2.24) is 0 Å². The molecule has 0 aliphatic heterocycles. The van der Waals surface area contributed by atoms with Gasteiger partial charge >= 0.3 is 0 Å². The van der Waals surface area contributed by atoms with E-state index >= 15 is 0 Å². The predicted molar refractivity (Wildman–Crippen MR) is 55.1 cm³/mol. The molecule has 0 aromatic heterocycles. The van der Waals surface area contributed by atoms with Gasteiger partial charge in [0.15, 0.2) is 0 Å². The molecule has 2 heteroatoms. The lowest BCUT2D eigenvalue weighted by Crippen LogP contribution is -1.98. The lowest BCUT2D eigenvalue weighted by molar-refractivity contribution is 0.112. The fourth-order valence-electron chi connectivity index (χ4n) is 1.60. The smallest absolute Gasteiger partial charge is 0.150 e.